The molecular formula is C25H25ClFN5O3. The van der Waals surface area contributed by atoms with E-state index < -0.39 is 17.9 Å². The van der Waals surface area contributed by atoms with Gasteiger partial charge in [-0.2, -0.15) is 9.83 Å². The van der Waals surface area contributed by atoms with Gasteiger partial charge in [0.25, 0.3) is 5.91 Å². The highest BCUT2D eigenvalue weighted by Crippen LogP contribution is 2.31. The summed E-state index contributed by atoms with van der Waals surface area (Å²) in [6, 6.07) is 9.14. The highest BCUT2D eigenvalue weighted by molar-refractivity contribution is 6.33. The number of halogens is 2. The van der Waals surface area contributed by atoms with Crippen LogP contribution in [-0.4, -0.2) is 27.6 Å². The fourth-order valence-corrected chi connectivity index (χ4v) is 4.53. The third-order valence-corrected chi connectivity index (χ3v) is 6.53. The average Bonchev–Trinajstić information content (AvgIpc) is 3.27. The zero-order valence-electron chi connectivity index (χ0n) is 19.3. The van der Waals surface area contributed by atoms with Gasteiger partial charge in [0.15, 0.2) is 11.9 Å². The Morgan fingerprint density at radius 2 is 2.00 bits per heavy atom. The normalized spacial score (nSPS) is 16.3. The largest absolute Gasteiger partial charge is 0.618 e. The van der Waals surface area contributed by atoms with Crippen LogP contribution in [0.4, 0.5) is 10.1 Å². The van der Waals surface area contributed by atoms with E-state index in [0.29, 0.717) is 40.5 Å². The van der Waals surface area contributed by atoms with E-state index in [1.54, 1.807) is 44.3 Å². The fourth-order valence-electron chi connectivity index (χ4n) is 4.23. The molecule has 182 valence electrons. The fraction of sp³-hybridized carbons (Fsp3) is 0.280. The molecule has 0 bridgehead atoms. The standard InChI is InChI=1S/C25H25ClFN5O3/c1-15-22(20(26)12-14-32(15)35)16-5-9-19(10-6-16)29-25(34)23(17-3-7-18(27)8-4-17)30-24(33)21-11-13-28-31(21)2/h5-7,9-14,17,23H,3-4,8H2,1-2H3,(H,29,34)(H,30,33)/t17?,23-/m0/s1. The second-order valence-corrected chi connectivity index (χ2v) is 8.90. The summed E-state index contributed by atoms with van der Waals surface area (Å²) in [6.45, 7) is 1.68. The van der Waals surface area contributed by atoms with Gasteiger partial charge in [-0.25, -0.2) is 4.39 Å². The lowest BCUT2D eigenvalue weighted by Gasteiger charge is -2.28. The summed E-state index contributed by atoms with van der Waals surface area (Å²) >= 11 is 6.30. The Labute approximate surface area is 207 Å². The summed E-state index contributed by atoms with van der Waals surface area (Å²) in [4.78, 5) is 26.1. The van der Waals surface area contributed by atoms with Crippen LogP contribution >= 0.6 is 11.6 Å². The first-order valence-electron chi connectivity index (χ1n) is 11.2. The van der Waals surface area contributed by atoms with E-state index in [1.807, 2.05) is 0 Å². The van der Waals surface area contributed by atoms with Gasteiger partial charge in [0, 0.05) is 31.9 Å². The molecule has 0 aliphatic heterocycles. The van der Waals surface area contributed by atoms with Gasteiger partial charge < -0.3 is 15.8 Å². The molecule has 1 aliphatic rings. The van der Waals surface area contributed by atoms with Crippen molar-refractivity contribution in [2.45, 2.75) is 32.2 Å². The number of allylic oxidation sites excluding steroid dienone is 2. The Kier molecular flexibility index (Phi) is 7.16. The Morgan fingerprint density at radius 3 is 2.63 bits per heavy atom. The van der Waals surface area contributed by atoms with Crippen molar-refractivity contribution in [1.82, 2.24) is 15.1 Å². The highest BCUT2D eigenvalue weighted by atomic mass is 35.5. The molecule has 2 amide bonds. The predicted octanol–water partition coefficient (Wildman–Crippen LogP) is 4.07. The lowest BCUT2D eigenvalue weighted by atomic mass is 9.86. The van der Waals surface area contributed by atoms with Crippen molar-refractivity contribution in [3.05, 3.63) is 82.3 Å². The maximum atomic E-state index is 13.6. The van der Waals surface area contributed by atoms with Gasteiger partial charge >= 0.3 is 0 Å². The third kappa shape index (κ3) is 5.35. The Hall–Kier alpha value is -3.72. The van der Waals surface area contributed by atoms with E-state index in [1.165, 1.54) is 29.2 Å². The molecule has 0 saturated heterocycles. The Balaban J connectivity index is 1.54. The number of carbonyl (C=O) groups is 2. The number of pyridine rings is 1. The minimum Gasteiger partial charge on any atom is -0.618 e. The van der Waals surface area contributed by atoms with Gasteiger partial charge in [0.1, 0.15) is 11.7 Å². The first-order chi connectivity index (χ1) is 16.7. The van der Waals surface area contributed by atoms with Crippen molar-refractivity contribution in [3.63, 3.8) is 0 Å². The smallest absolute Gasteiger partial charge is 0.270 e. The monoisotopic (exact) mass is 497 g/mol. The zero-order chi connectivity index (χ0) is 25.1. The van der Waals surface area contributed by atoms with Crippen LogP contribution in [0.3, 0.4) is 0 Å². The summed E-state index contributed by atoms with van der Waals surface area (Å²) in [5.74, 6) is -1.30. The van der Waals surface area contributed by atoms with Gasteiger partial charge in [-0.3, -0.25) is 14.3 Å². The maximum absolute atomic E-state index is 13.6. The topological polar surface area (TPSA) is 103 Å². The quantitative estimate of drug-likeness (QED) is 0.395. The lowest BCUT2D eigenvalue weighted by Crippen LogP contribution is -2.49. The van der Waals surface area contributed by atoms with E-state index >= 15 is 0 Å². The average molecular weight is 498 g/mol. The van der Waals surface area contributed by atoms with Crippen LogP contribution < -0.4 is 15.4 Å². The van der Waals surface area contributed by atoms with E-state index in [9.17, 15) is 19.2 Å². The van der Waals surface area contributed by atoms with Crippen LogP contribution in [0.2, 0.25) is 5.02 Å². The number of aromatic nitrogens is 3. The Morgan fingerprint density at radius 1 is 1.26 bits per heavy atom. The van der Waals surface area contributed by atoms with Gasteiger partial charge in [0.05, 0.1) is 16.4 Å². The molecule has 0 saturated carbocycles. The number of hydrogen-bond donors (Lipinski definition) is 2. The molecule has 1 aliphatic carbocycles. The molecule has 2 aromatic heterocycles. The van der Waals surface area contributed by atoms with Gasteiger partial charge in [-0.1, -0.05) is 29.8 Å². The summed E-state index contributed by atoms with van der Waals surface area (Å²) in [7, 11) is 1.64. The first kappa shape index (κ1) is 24.4. The van der Waals surface area contributed by atoms with E-state index in [2.05, 4.69) is 15.7 Å². The molecule has 2 heterocycles. The third-order valence-electron chi connectivity index (χ3n) is 6.22. The number of nitrogens with zero attached hydrogens (tertiary/aromatic N) is 3. The Bertz CT molecular complexity index is 1290. The molecule has 10 heteroatoms. The number of benzene rings is 1. The van der Waals surface area contributed by atoms with Gasteiger partial charge in [0.2, 0.25) is 5.91 Å². The lowest BCUT2D eigenvalue weighted by molar-refractivity contribution is -0.611. The van der Waals surface area contributed by atoms with E-state index in [0.717, 1.165) is 10.3 Å². The van der Waals surface area contributed by atoms with E-state index in [-0.39, 0.29) is 18.2 Å². The van der Waals surface area contributed by atoms with Crippen LogP contribution in [0.1, 0.15) is 35.4 Å². The number of hydrogen-bond acceptors (Lipinski definition) is 4. The molecule has 2 atom stereocenters. The van der Waals surface area contributed by atoms with Crippen molar-refractivity contribution in [2.75, 3.05) is 5.32 Å². The molecule has 35 heavy (non-hydrogen) atoms. The SMILES string of the molecule is Cc1c(-c2ccc(NC(=O)[C@@H](NC(=O)c3ccnn3C)C3CC=C(F)CC3)cc2)c(Cl)cc[n+]1[O-]. The molecule has 0 radical (unpaired) electrons. The molecule has 0 spiro atoms. The van der Waals surface area contributed by atoms with Gasteiger partial charge in [-0.15, -0.1) is 0 Å². The summed E-state index contributed by atoms with van der Waals surface area (Å²) in [5, 5.41) is 22.0. The summed E-state index contributed by atoms with van der Waals surface area (Å²) in [6.07, 6.45) is 5.32. The minimum absolute atomic E-state index is 0.205. The number of nitrogens with one attached hydrogen (secondary N) is 2. The van der Waals surface area contributed by atoms with E-state index in [4.69, 9.17) is 11.6 Å². The van der Waals surface area contributed by atoms with Gasteiger partial charge in [-0.05, 0) is 48.9 Å². The van der Waals surface area contributed by atoms with Crippen molar-refractivity contribution >= 4 is 29.1 Å². The summed E-state index contributed by atoms with van der Waals surface area (Å²) in [5.41, 5.74) is 2.63. The molecule has 0 fully saturated rings. The molecule has 2 N–H and O–H groups in total. The molecule has 1 unspecified atom stereocenters. The van der Waals surface area contributed by atoms with Crippen LogP contribution in [0.15, 0.2) is 60.7 Å². The van der Waals surface area contributed by atoms with Crippen molar-refractivity contribution in [1.29, 1.82) is 0 Å². The maximum Gasteiger partial charge on any atom is 0.270 e. The van der Waals surface area contributed by atoms with Crippen molar-refractivity contribution in [3.8, 4) is 11.1 Å². The molecule has 4 rings (SSSR count). The number of aryl methyl sites for hydroxylation is 1. The molecule has 1 aromatic carbocycles. The van der Waals surface area contributed by atoms with Crippen LogP contribution in [0.5, 0.6) is 0 Å². The second-order valence-electron chi connectivity index (χ2n) is 8.49. The minimum atomic E-state index is -0.869. The van der Waals surface area contributed by atoms with Crippen molar-refractivity contribution in [2.24, 2.45) is 13.0 Å². The highest BCUT2D eigenvalue weighted by Gasteiger charge is 2.32. The number of amides is 2. The summed E-state index contributed by atoms with van der Waals surface area (Å²) < 4.78 is 15.8. The zero-order valence-corrected chi connectivity index (χ0v) is 20.1. The van der Waals surface area contributed by atoms with Crippen LogP contribution in [0, 0.1) is 18.0 Å². The number of anilines is 1. The molecule has 8 nitrogen and oxygen atoms in total. The first-order valence-corrected chi connectivity index (χ1v) is 11.6. The van der Waals surface area contributed by atoms with Crippen molar-refractivity contribution < 1.29 is 18.7 Å². The number of carbonyl (C=O) groups excluding carboxylic acids is 2. The predicted molar refractivity (Wildman–Crippen MR) is 130 cm³/mol. The second kappa shape index (κ2) is 10.3. The molecular weight excluding hydrogens is 473 g/mol. The van der Waals surface area contributed by atoms with Crippen LogP contribution in [0.25, 0.3) is 11.1 Å². The number of rotatable bonds is 6. The van der Waals surface area contributed by atoms with Crippen LogP contribution in [-0.2, 0) is 11.8 Å². The molecule has 3 aromatic rings.